The molecule has 2 amide bonds. The molecular weight excluding hydrogens is 739 g/mol. The number of fused-ring (bicyclic) bond motifs is 2. The molecule has 5 aromatic carbocycles. The topological polar surface area (TPSA) is 145 Å². The van der Waals surface area contributed by atoms with E-state index in [1.165, 1.54) is 24.8 Å². The lowest BCUT2D eigenvalue weighted by Gasteiger charge is -2.25. The number of nitro benzene ring substituents is 1. The van der Waals surface area contributed by atoms with Gasteiger partial charge in [0.15, 0.2) is 23.0 Å². The summed E-state index contributed by atoms with van der Waals surface area (Å²) in [6.45, 7) is 6.53. The predicted molar refractivity (Wildman–Crippen MR) is 224 cm³/mol. The Morgan fingerprint density at radius 2 is 1.48 bits per heavy atom. The summed E-state index contributed by atoms with van der Waals surface area (Å²) in [5.41, 5.74) is 8.95. The van der Waals surface area contributed by atoms with Crippen LogP contribution < -0.4 is 39.4 Å². The van der Waals surface area contributed by atoms with Gasteiger partial charge in [0, 0.05) is 61.0 Å². The highest BCUT2D eigenvalue weighted by Gasteiger charge is 2.33. The Labute approximate surface area is 337 Å². The van der Waals surface area contributed by atoms with Gasteiger partial charge in [0.1, 0.15) is 13.2 Å². The number of ether oxygens (including phenoxy) is 4. The molecule has 58 heavy (non-hydrogen) atoms. The van der Waals surface area contributed by atoms with Crippen molar-refractivity contribution in [2.45, 2.75) is 58.9 Å². The minimum atomic E-state index is -0.454. The molecule has 0 aliphatic carbocycles. The van der Waals surface area contributed by atoms with Crippen LogP contribution in [0.2, 0.25) is 0 Å². The number of methoxy groups -OCH3 is 2. The van der Waals surface area contributed by atoms with Gasteiger partial charge in [0.25, 0.3) is 11.6 Å². The molecule has 0 bridgehead atoms. The summed E-state index contributed by atoms with van der Waals surface area (Å²) in [5.74, 6) is 1.50. The van der Waals surface area contributed by atoms with Gasteiger partial charge in [-0.25, -0.2) is 0 Å². The lowest BCUT2D eigenvalue weighted by atomic mass is 10.0. The normalized spacial score (nSPS) is 15.3. The number of aryl methyl sites for hydroxylation is 2. The van der Waals surface area contributed by atoms with Crippen molar-refractivity contribution >= 4 is 40.8 Å². The first-order chi connectivity index (χ1) is 28.0. The predicted octanol–water partition coefficient (Wildman–Crippen LogP) is 8.02. The van der Waals surface area contributed by atoms with E-state index in [2.05, 4.69) is 23.6 Å². The maximum absolute atomic E-state index is 14.0. The number of nitro groups is 1. The van der Waals surface area contributed by atoms with Gasteiger partial charge < -0.3 is 39.4 Å². The third-order valence-electron chi connectivity index (χ3n) is 10.9. The number of hydrogen-bond donors (Lipinski definition) is 2. The van der Waals surface area contributed by atoms with Crippen LogP contribution >= 0.6 is 0 Å². The Balaban J connectivity index is 1.07. The molecule has 300 valence electrons. The number of non-ortho nitro benzene ring substituents is 1. The maximum Gasteiger partial charge on any atom is 0.270 e. The Bertz CT molecular complexity index is 2380. The number of para-hydroxylation sites is 1. The number of hydrogen-bond acceptors (Lipinski definition) is 10. The fraction of sp³-hybridized carbons (Fsp3) is 0.289. The SMILES string of the molecule is CNc1cc(OCc2cc(COc3cc(NCC4Cc5c(C)cccc5N4C=O)c(C)cc3OC)cc([N+](=O)[O-])c2)c(OC)cc1C(=O)N1c2ccccc2C[C@H]1C. The smallest absolute Gasteiger partial charge is 0.270 e. The number of nitrogens with zero attached hydrogens (tertiary/aromatic N) is 3. The zero-order valence-electron chi connectivity index (χ0n) is 33.5. The molecule has 2 heterocycles. The molecule has 2 N–H and O–H groups in total. The number of carbonyl (C=O) groups excluding carboxylic acids is 2. The number of nitrogens with one attached hydrogen (secondary N) is 2. The van der Waals surface area contributed by atoms with Crippen LogP contribution in [0.5, 0.6) is 23.0 Å². The van der Waals surface area contributed by atoms with Crippen molar-refractivity contribution in [3.8, 4) is 23.0 Å². The second kappa shape index (κ2) is 16.8. The van der Waals surface area contributed by atoms with E-state index in [0.717, 1.165) is 53.0 Å². The van der Waals surface area contributed by atoms with E-state index in [9.17, 15) is 19.7 Å². The lowest BCUT2D eigenvalue weighted by molar-refractivity contribution is -0.385. The molecule has 2 atom stereocenters. The van der Waals surface area contributed by atoms with Crippen LogP contribution in [0.25, 0.3) is 0 Å². The summed E-state index contributed by atoms with van der Waals surface area (Å²) in [4.78, 5) is 41.3. The molecule has 13 heteroatoms. The maximum atomic E-state index is 14.0. The molecule has 2 aliphatic heterocycles. The second-order valence-electron chi connectivity index (χ2n) is 14.6. The van der Waals surface area contributed by atoms with Crippen molar-refractivity contribution in [3.63, 3.8) is 0 Å². The molecule has 2 aliphatic rings. The van der Waals surface area contributed by atoms with E-state index < -0.39 is 4.92 Å². The first-order valence-electron chi connectivity index (χ1n) is 19.1. The quantitative estimate of drug-likeness (QED) is 0.0608. The number of rotatable bonds is 15. The average Bonchev–Trinajstić information content (AvgIpc) is 3.77. The highest BCUT2D eigenvalue weighted by Crippen LogP contribution is 2.40. The van der Waals surface area contributed by atoms with Crippen molar-refractivity contribution < 1.29 is 33.5 Å². The van der Waals surface area contributed by atoms with E-state index in [4.69, 9.17) is 18.9 Å². The molecule has 7 rings (SSSR count). The first-order valence-corrected chi connectivity index (χ1v) is 19.1. The Morgan fingerprint density at radius 1 is 0.828 bits per heavy atom. The zero-order chi connectivity index (χ0) is 41.1. The Kier molecular flexibility index (Phi) is 11.4. The van der Waals surface area contributed by atoms with Crippen LogP contribution in [0.1, 0.15) is 50.7 Å². The highest BCUT2D eigenvalue weighted by atomic mass is 16.6. The molecule has 0 spiro atoms. The van der Waals surface area contributed by atoms with Crippen LogP contribution in [0.3, 0.4) is 0 Å². The molecule has 0 saturated heterocycles. The van der Waals surface area contributed by atoms with Crippen LogP contribution in [0, 0.1) is 24.0 Å². The number of carbonyl (C=O) groups is 2. The monoisotopic (exact) mass is 785 g/mol. The van der Waals surface area contributed by atoms with Gasteiger partial charge in [0.05, 0.1) is 36.4 Å². The third kappa shape index (κ3) is 7.80. The summed E-state index contributed by atoms with van der Waals surface area (Å²) in [5, 5.41) is 18.7. The largest absolute Gasteiger partial charge is 0.493 e. The van der Waals surface area contributed by atoms with Crippen LogP contribution in [-0.2, 0) is 30.8 Å². The third-order valence-corrected chi connectivity index (χ3v) is 10.9. The van der Waals surface area contributed by atoms with Gasteiger partial charge >= 0.3 is 0 Å². The summed E-state index contributed by atoms with van der Waals surface area (Å²) in [7, 11) is 4.79. The Morgan fingerprint density at radius 3 is 2.14 bits per heavy atom. The van der Waals surface area contributed by atoms with E-state index in [1.54, 1.807) is 42.2 Å². The minimum Gasteiger partial charge on any atom is -0.493 e. The molecule has 1 unspecified atom stereocenters. The summed E-state index contributed by atoms with van der Waals surface area (Å²) < 4.78 is 23.8. The lowest BCUT2D eigenvalue weighted by Crippen LogP contribution is -2.36. The average molecular weight is 786 g/mol. The summed E-state index contributed by atoms with van der Waals surface area (Å²) in [6, 6.07) is 25.6. The van der Waals surface area contributed by atoms with Gasteiger partial charge in [-0.05, 0) is 97.3 Å². The fourth-order valence-corrected chi connectivity index (χ4v) is 7.95. The fourth-order valence-electron chi connectivity index (χ4n) is 7.95. The van der Waals surface area contributed by atoms with Crippen molar-refractivity contribution in [2.24, 2.45) is 0 Å². The molecule has 5 aromatic rings. The highest BCUT2D eigenvalue weighted by molar-refractivity contribution is 6.11. The van der Waals surface area contributed by atoms with Crippen LogP contribution in [0.4, 0.5) is 28.4 Å². The molecule has 0 radical (unpaired) electrons. The van der Waals surface area contributed by atoms with Gasteiger partial charge in [-0.2, -0.15) is 0 Å². The van der Waals surface area contributed by atoms with E-state index >= 15 is 0 Å². The van der Waals surface area contributed by atoms with E-state index in [-0.39, 0.29) is 36.9 Å². The van der Waals surface area contributed by atoms with Gasteiger partial charge in [-0.15, -0.1) is 0 Å². The van der Waals surface area contributed by atoms with Crippen LogP contribution in [0.15, 0.2) is 84.9 Å². The molecule has 0 saturated carbocycles. The van der Waals surface area contributed by atoms with Crippen molar-refractivity contribution in [2.75, 3.05) is 48.2 Å². The zero-order valence-corrected chi connectivity index (χ0v) is 33.5. The Hall–Kier alpha value is -6.76. The van der Waals surface area contributed by atoms with Gasteiger partial charge in [-0.3, -0.25) is 19.7 Å². The standard InChI is InChI=1S/C45H47N5O8/c1-27-10-9-13-40-35(27)19-34(48(40)26-51)23-47-37-21-43(41(55-5)14-28(37)2)57-24-30-16-31(18-33(17-30)50(53)54)25-58-44-22-38(46-4)36(20-42(44)56-6)45(52)49-29(3)15-32-11-7-8-12-39(32)49/h7-14,16-18,20-22,26,29,34,46-47H,15,19,23-25H2,1-6H3/t29-,34?/m1/s1. The second-order valence-corrected chi connectivity index (χ2v) is 14.6. The van der Waals surface area contributed by atoms with E-state index in [0.29, 0.717) is 51.9 Å². The summed E-state index contributed by atoms with van der Waals surface area (Å²) >= 11 is 0. The van der Waals surface area contributed by atoms with Gasteiger partial charge in [-0.1, -0.05) is 30.3 Å². The molecule has 0 fully saturated rings. The van der Waals surface area contributed by atoms with Crippen molar-refractivity contribution in [1.29, 1.82) is 0 Å². The first kappa shape index (κ1) is 39.5. The number of benzene rings is 5. The summed E-state index contributed by atoms with van der Waals surface area (Å²) in [6.07, 6.45) is 2.39. The van der Waals surface area contributed by atoms with Gasteiger partial charge in [0.2, 0.25) is 6.41 Å². The number of anilines is 4. The van der Waals surface area contributed by atoms with Crippen LogP contribution in [-0.4, -0.2) is 57.1 Å². The number of amides is 2. The minimum absolute atomic E-state index is 0.00571. The molecular formula is C45H47N5O8. The molecule has 13 nitrogen and oxygen atoms in total. The van der Waals surface area contributed by atoms with Crippen molar-refractivity contribution in [1.82, 2.24) is 0 Å². The van der Waals surface area contributed by atoms with Crippen molar-refractivity contribution in [3.05, 3.63) is 134 Å². The van der Waals surface area contributed by atoms with E-state index in [1.807, 2.05) is 62.4 Å². The molecule has 0 aromatic heterocycles.